The highest BCUT2D eigenvalue weighted by Crippen LogP contribution is 2.33. The Morgan fingerprint density at radius 1 is 1.27 bits per heavy atom. The Morgan fingerprint density at radius 2 is 1.91 bits per heavy atom. The van der Waals surface area contributed by atoms with Crippen LogP contribution in [-0.2, 0) is 4.74 Å². The summed E-state index contributed by atoms with van der Waals surface area (Å²) in [5.74, 6) is 0.921. The molecule has 1 amide bonds. The van der Waals surface area contributed by atoms with Gasteiger partial charge in [0.25, 0.3) is 0 Å². The van der Waals surface area contributed by atoms with E-state index >= 15 is 0 Å². The summed E-state index contributed by atoms with van der Waals surface area (Å²) in [6, 6.07) is 4.19. The lowest BCUT2D eigenvalue weighted by Crippen LogP contribution is -2.57. The van der Waals surface area contributed by atoms with Crippen LogP contribution in [0.1, 0.15) is 33.6 Å². The maximum absolute atomic E-state index is 12.4. The highest BCUT2D eigenvalue weighted by molar-refractivity contribution is 6.30. The quantitative estimate of drug-likeness (QED) is 0.795. The van der Waals surface area contributed by atoms with E-state index in [1.807, 2.05) is 37.8 Å². The fraction of sp³-hybridized carbons (Fsp3) is 0.625. The Morgan fingerprint density at radius 3 is 2.41 bits per heavy atom. The van der Waals surface area contributed by atoms with Crippen molar-refractivity contribution in [3.8, 4) is 0 Å². The van der Waals surface area contributed by atoms with Crippen molar-refractivity contribution >= 4 is 23.5 Å². The van der Waals surface area contributed by atoms with Gasteiger partial charge in [-0.1, -0.05) is 11.6 Å². The van der Waals surface area contributed by atoms with Crippen molar-refractivity contribution < 1.29 is 9.53 Å². The van der Waals surface area contributed by atoms with Crippen LogP contribution < -0.4 is 4.90 Å². The predicted molar refractivity (Wildman–Crippen MR) is 86.3 cm³/mol. The molecule has 2 atom stereocenters. The Hall–Kier alpha value is -1.49. The van der Waals surface area contributed by atoms with Gasteiger partial charge in [-0.25, -0.2) is 9.78 Å². The van der Waals surface area contributed by atoms with E-state index in [4.69, 9.17) is 16.3 Å². The third-order valence-corrected chi connectivity index (χ3v) is 4.35. The van der Waals surface area contributed by atoms with Crippen molar-refractivity contribution in [1.82, 2.24) is 9.88 Å². The summed E-state index contributed by atoms with van der Waals surface area (Å²) in [5, 5.41) is 0.638. The van der Waals surface area contributed by atoms with Crippen molar-refractivity contribution in [2.45, 2.75) is 51.3 Å². The van der Waals surface area contributed by atoms with E-state index in [2.05, 4.69) is 9.88 Å². The summed E-state index contributed by atoms with van der Waals surface area (Å²) >= 11 is 5.90. The predicted octanol–water partition coefficient (Wildman–Crippen LogP) is 3.32. The molecule has 5 nitrogen and oxygen atoms in total. The molecule has 1 aromatic rings. The molecule has 120 valence electrons. The largest absolute Gasteiger partial charge is 0.444 e. The number of hydrogen-bond acceptors (Lipinski definition) is 4. The maximum Gasteiger partial charge on any atom is 0.410 e. The number of ether oxygens (including phenoxy) is 1. The van der Waals surface area contributed by atoms with Crippen molar-refractivity contribution in [2.75, 3.05) is 18.0 Å². The van der Waals surface area contributed by atoms with Crippen molar-refractivity contribution in [1.29, 1.82) is 0 Å². The molecule has 2 fully saturated rings. The third kappa shape index (κ3) is 3.14. The van der Waals surface area contributed by atoms with Crippen LogP contribution in [0.5, 0.6) is 0 Å². The van der Waals surface area contributed by atoms with E-state index in [-0.39, 0.29) is 18.2 Å². The number of halogens is 1. The number of fused-ring (bicyclic) bond motifs is 2. The van der Waals surface area contributed by atoms with Gasteiger partial charge < -0.3 is 9.64 Å². The molecule has 0 spiro atoms. The molecule has 2 bridgehead atoms. The highest BCUT2D eigenvalue weighted by atomic mass is 35.5. The molecule has 2 saturated heterocycles. The van der Waals surface area contributed by atoms with Crippen LogP contribution >= 0.6 is 11.6 Å². The van der Waals surface area contributed by atoms with E-state index in [0.717, 1.165) is 31.7 Å². The van der Waals surface area contributed by atoms with Gasteiger partial charge in [0, 0.05) is 19.3 Å². The Kier molecular flexibility index (Phi) is 3.93. The van der Waals surface area contributed by atoms with Gasteiger partial charge in [0.1, 0.15) is 11.4 Å². The van der Waals surface area contributed by atoms with Crippen molar-refractivity contribution in [2.24, 2.45) is 0 Å². The zero-order chi connectivity index (χ0) is 15.9. The number of anilines is 1. The number of carbonyl (C=O) groups excluding carboxylic acids is 1. The van der Waals surface area contributed by atoms with Gasteiger partial charge in [0.05, 0.1) is 17.1 Å². The number of amides is 1. The lowest BCUT2D eigenvalue weighted by molar-refractivity contribution is 0.0123. The first-order valence-corrected chi connectivity index (χ1v) is 8.09. The second kappa shape index (κ2) is 5.61. The summed E-state index contributed by atoms with van der Waals surface area (Å²) < 4.78 is 5.55. The number of nitrogens with zero attached hydrogens (tertiary/aromatic N) is 3. The van der Waals surface area contributed by atoms with Crippen LogP contribution in [0.3, 0.4) is 0 Å². The summed E-state index contributed by atoms with van der Waals surface area (Å²) in [4.78, 5) is 21.0. The summed E-state index contributed by atoms with van der Waals surface area (Å²) in [6.07, 6.45) is 3.52. The second-order valence-electron chi connectivity index (χ2n) is 7.01. The number of piperazine rings is 1. The minimum Gasteiger partial charge on any atom is -0.444 e. The molecule has 0 aliphatic carbocycles. The molecule has 0 radical (unpaired) electrons. The Bertz CT molecular complexity index is 542. The smallest absolute Gasteiger partial charge is 0.410 e. The molecule has 2 aliphatic rings. The van der Waals surface area contributed by atoms with Gasteiger partial charge in [-0.05, 0) is 45.7 Å². The minimum atomic E-state index is -0.453. The summed E-state index contributed by atoms with van der Waals surface area (Å²) in [5.41, 5.74) is -0.453. The molecule has 0 saturated carbocycles. The topological polar surface area (TPSA) is 45.7 Å². The molecule has 1 aromatic heterocycles. The number of rotatable bonds is 1. The monoisotopic (exact) mass is 323 g/mol. The van der Waals surface area contributed by atoms with Crippen molar-refractivity contribution in [3.63, 3.8) is 0 Å². The van der Waals surface area contributed by atoms with Gasteiger partial charge in [-0.3, -0.25) is 4.90 Å². The third-order valence-electron chi connectivity index (χ3n) is 4.12. The van der Waals surface area contributed by atoms with Gasteiger partial charge in [-0.2, -0.15) is 0 Å². The zero-order valence-electron chi connectivity index (χ0n) is 13.3. The van der Waals surface area contributed by atoms with E-state index in [1.165, 1.54) is 0 Å². The lowest BCUT2D eigenvalue weighted by atomic mass is 10.2. The van der Waals surface area contributed by atoms with E-state index in [9.17, 15) is 4.79 Å². The van der Waals surface area contributed by atoms with Gasteiger partial charge in [0.15, 0.2) is 0 Å². The standard InChI is InChI=1S/C16H22ClN3O2/c1-16(2,3)22-15(21)20-12-5-6-13(20)10-19(9-12)14-7-4-11(17)8-18-14/h4,7-8,12-13H,5-6,9-10H2,1-3H3. The number of carbonyl (C=O) groups is 1. The van der Waals surface area contributed by atoms with Gasteiger partial charge in [-0.15, -0.1) is 0 Å². The van der Waals surface area contributed by atoms with Crippen LogP contribution in [0, 0.1) is 0 Å². The van der Waals surface area contributed by atoms with Crippen LogP contribution in [0.15, 0.2) is 18.3 Å². The Balaban J connectivity index is 1.71. The van der Waals surface area contributed by atoms with E-state index in [0.29, 0.717) is 5.02 Å². The SMILES string of the molecule is CC(C)(C)OC(=O)N1C2CCC1CN(c1ccc(Cl)cn1)C2. The number of hydrogen-bond donors (Lipinski definition) is 0. The van der Waals surface area contributed by atoms with Gasteiger partial charge in [0.2, 0.25) is 0 Å². The average molecular weight is 324 g/mol. The molecule has 3 heterocycles. The zero-order valence-corrected chi connectivity index (χ0v) is 14.0. The summed E-state index contributed by atoms with van der Waals surface area (Å²) in [6.45, 7) is 7.30. The first kappa shape index (κ1) is 15.4. The van der Waals surface area contributed by atoms with Crippen LogP contribution in [0.4, 0.5) is 10.6 Å². The van der Waals surface area contributed by atoms with Gasteiger partial charge >= 0.3 is 6.09 Å². The Labute approximate surface area is 136 Å². The molecule has 0 aromatic carbocycles. The van der Waals surface area contributed by atoms with Crippen molar-refractivity contribution in [3.05, 3.63) is 23.4 Å². The fourth-order valence-electron chi connectivity index (χ4n) is 3.26. The summed E-state index contributed by atoms with van der Waals surface area (Å²) in [7, 11) is 0. The van der Waals surface area contributed by atoms with E-state index < -0.39 is 5.60 Å². The molecule has 0 N–H and O–H groups in total. The van der Waals surface area contributed by atoms with Crippen LogP contribution in [0.2, 0.25) is 5.02 Å². The molecular formula is C16H22ClN3O2. The fourth-order valence-corrected chi connectivity index (χ4v) is 3.37. The minimum absolute atomic E-state index is 0.191. The second-order valence-corrected chi connectivity index (χ2v) is 7.45. The lowest BCUT2D eigenvalue weighted by Gasteiger charge is -2.41. The molecule has 22 heavy (non-hydrogen) atoms. The highest BCUT2D eigenvalue weighted by Gasteiger charge is 2.44. The number of pyridine rings is 1. The van der Waals surface area contributed by atoms with Crippen LogP contribution in [-0.4, -0.2) is 46.8 Å². The molecule has 2 aliphatic heterocycles. The molecule has 6 heteroatoms. The molecule has 3 rings (SSSR count). The maximum atomic E-state index is 12.4. The van der Waals surface area contributed by atoms with Crippen LogP contribution in [0.25, 0.3) is 0 Å². The first-order chi connectivity index (χ1) is 10.3. The molecular weight excluding hydrogens is 302 g/mol. The number of aromatic nitrogens is 1. The first-order valence-electron chi connectivity index (χ1n) is 7.71. The molecule has 2 unspecified atom stereocenters. The average Bonchev–Trinajstić information content (AvgIpc) is 2.69. The normalized spacial score (nSPS) is 24.5. The van der Waals surface area contributed by atoms with E-state index in [1.54, 1.807) is 6.20 Å².